The van der Waals surface area contributed by atoms with Crippen molar-refractivity contribution in [3.05, 3.63) is 117 Å². The Balaban J connectivity index is 1.24. The van der Waals surface area contributed by atoms with Crippen LogP contribution in [0.1, 0.15) is 37.7 Å². The van der Waals surface area contributed by atoms with Crippen molar-refractivity contribution in [2.24, 2.45) is 0 Å². The van der Waals surface area contributed by atoms with Crippen LogP contribution in [0, 0.1) is 19.7 Å². The van der Waals surface area contributed by atoms with Gasteiger partial charge in [0, 0.05) is 50.3 Å². The van der Waals surface area contributed by atoms with Crippen molar-refractivity contribution in [3.63, 3.8) is 0 Å². The Kier molecular flexibility index (Phi) is 8.15. The van der Waals surface area contributed by atoms with Gasteiger partial charge in [0.05, 0.1) is 6.54 Å². The van der Waals surface area contributed by atoms with Crippen LogP contribution in [0.4, 0.5) is 10.1 Å². The Hall–Kier alpha value is -3.55. The van der Waals surface area contributed by atoms with Crippen molar-refractivity contribution in [2.75, 3.05) is 31.1 Å². The Morgan fingerprint density at radius 1 is 0.868 bits per heavy atom. The summed E-state index contributed by atoms with van der Waals surface area (Å²) in [5.41, 5.74) is 6.49. The lowest BCUT2D eigenvalue weighted by Crippen LogP contribution is -2.49. The van der Waals surface area contributed by atoms with E-state index in [4.69, 9.17) is 4.98 Å². The summed E-state index contributed by atoms with van der Waals surface area (Å²) in [6, 6.07) is 23.5. The van der Waals surface area contributed by atoms with Crippen molar-refractivity contribution in [2.45, 2.75) is 33.5 Å². The van der Waals surface area contributed by atoms with Crippen molar-refractivity contribution in [3.8, 4) is 0 Å². The average molecular weight is 529 g/mol. The van der Waals surface area contributed by atoms with Crippen LogP contribution >= 0.6 is 11.3 Å². The monoisotopic (exact) mass is 528 g/mol. The van der Waals surface area contributed by atoms with Gasteiger partial charge in [-0.25, -0.2) is 9.37 Å². The molecule has 0 atom stereocenters. The van der Waals surface area contributed by atoms with Gasteiger partial charge in [-0.2, -0.15) is 0 Å². The molecule has 1 fully saturated rings. The van der Waals surface area contributed by atoms with Gasteiger partial charge in [-0.15, -0.1) is 11.3 Å². The molecule has 0 bridgehead atoms. The van der Waals surface area contributed by atoms with Gasteiger partial charge >= 0.3 is 0 Å². The smallest absolute Gasteiger partial charge is 0.273 e. The van der Waals surface area contributed by atoms with Gasteiger partial charge in [0.2, 0.25) is 0 Å². The Morgan fingerprint density at radius 2 is 1.50 bits per heavy atom. The molecule has 38 heavy (non-hydrogen) atoms. The van der Waals surface area contributed by atoms with E-state index < -0.39 is 0 Å². The zero-order valence-electron chi connectivity index (χ0n) is 21.9. The van der Waals surface area contributed by atoms with E-state index in [0.717, 1.165) is 30.2 Å². The Labute approximate surface area is 228 Å². The first-order chi connectivity index (χ1) is 18.4. The molecule has 5 nitrogen and oxygen atoms in total. The van der Waals surface area contributed by atoms with Crippen LogP contribution in [-0.4, -0.2) is 46.9 Å². The van der Waals surface area contributed by atoms with E-state index in [1.165, 1.54) is 45.8 Å². The molecular formula is C31H33FN4OS. The molecule has 1 aromatic heterocycles. The largest absolute Gasteiger partial charge is 0.368 e. The summed E-state index contributed by atoms with van der Waals surface area (Å²) in [5.74, 6) is -0.234. The summed E-state index contributed by atoms with van der Waals surface area (Å²) in [4.78, 5) is 24.5. The summed E-state index contributed by atoms with van der Waals surface area (Å²) >= 11 is 1.52. The van der Waals surface area contributed by atoms with Gasteiger partial charge in [0.25, 0.3) is 5.91 Å². The first-order valence-corrected chi connectivity index (χ1v) is 13.9. The number of aryl methyl sites for hydroxylation is 2. The average Bonchev–Trinajstić information content (AvgIpc) is 3.40. The third kappa shape index (κ3) is 6.47. The van der Waals surface area contributed by atoms with E-state index in [2.05, 4.69) is 72.2 Å². The number of piperazine rings is 1. The molecule has 1 aliphatic heterocycles. The Bertz CT molecular complexity index is 1310. The highest BCUT2D eigenvalue weighted by atomic mass is 32.1. The van der Waals surface area contributed by atoms with Gasteiger partial charge in [0.1, 0.15) is 16.5 Å². The zero-order valence-corrected chi connectivity index (χ0v) is 22.8. The molecular weight excluding hydrogens is 495 g/mol. The highest BCUT2D eigenvalue weighted by Gasteiger charge is 2.25. The molecule has 0 saturated carbocycles. The molecule has 5 rings (SSSR count). The topological polar surface area (TPSA) is 39.7 Å². The minimum Gasteiger partial charge on any atom is -0.368 e. The number of nitrogens with zero attached hydrogens (tertiary/aromatic N) is 4. The van der Waals surface area contributed by atoms with Crippen LogP contribution in [0.5, 0.6) is 0 Å². The predicted octanol–water partition coefficient (Wildman–Crippen LogP) is 6.06. The van der Waals surface area contributed by atoms with Crippen molar-refractivity contribution >= 4 is 22.9 Å². The standard InChI is InChI=1S/C31H33FN4OS/c1-23-7-9-25(10-8-23)19-34(20-26-11-13-27(32)14-12-26)21-30-33-28(22-38-30)31(37)36-17-15-35(16-18-36)29-6-4-3-5-24(29)2/h3-14,22H,15-21H2,1-2H3. The van der Waals surface area contributed by atoms with E-state index in [0.29, 0.717) is 31.9 Å². The molecule has 4 aromatic rings. The van der Waals surface area contributed by atoms with Crippen LogP contribution in [0.2, 0.25) is 0 Å². The predicted molar refractivity (Wildman–Crippen MR) is 152 cm³/mol. The zero-order chi connectivity index (χ0) is 26.5. The second-order valence-electron chi connectivity index (χ2n) is 9.95. The molecule has 1 amide bonds. The van der Waals surface area contributed by atoms with Crippen molar-refractivity contribution in [1.29, 1.82) is 0 Å². The van der Waals surface area contributed by atoms with E-state index in [-0.39, 0.29) is 11.7 Å². The molecule has 196 valence electrons. The number of carbonyl (C=O) groups excluding carboxylic acids is 1. The fourth-order valence-corrected chi connectivity index (χ4v) is 5.68. The number of anilines is 1. The lowest BCUT2D eigenvalue weighted by Gasteiger charge is -2.36. The second kappa shape index (κ2) is 11.9. The van der Waals surface area contributed by atoms with Gasteiger partial charge in [-0.1, -0.05) is 60.2 Å². The molecule has 1 saturated heterocycles. The number of aromatic nitrogens is 1. The molecule has 7 heteroatoms. The van der Waals surface area contributed by atoms with Crippen molar-refractivity contribution in [1.82, 2.24) is 14.8 Å². The maximum Gasteiger partial charge on any atom is 0.273 e. The summed E-state index contributed by atoms with van der Waals surface area (Å²) in [6.45, 7) is 9.22. The summed E-state index contributed by atoms with van der Waals surface area (Å²) in [7, 11) is 0. The molecule has 0 aliphatic carbocycles. The molecule has 2 heterocycles. The number of halogens is 1. The molecule has 0 unspecified atom stereocenters. The number of para-hydroxylation sites is 1. The van der Waals surface area contributed by atoms with Gasteiger partial charge in [-0.3, -0.25) is 9.69 Å². The molecule has 0 spiro atoms. The fourth-order valence-electron chi connectivity index (χ4n) is 4.87. The van der Waals surface area contributed by atoms with E-state index in [1.54, 1.807) is 0 Å². The summed E-state index contributed by atoms with van der Waals surface area (Å²) < 4.78 is 13.5. The third-order valence-corrected chi connectivity index (χ3v) is 7.83. The minimum absolute atomic E-state index is 0.000512. The number of carbonyl (C=O) groups is 1. The Morgan fingerprint density at radius 3 is 2.16 bits per heavy atom. The summed E-state index contributed by atoms with van der Waals surface area (Å²) in [5, 5.41) is 2.79. The number of rotatable bonds is 8. The van der Waals surface area contributed by atoms with Crippen LogP contribution in [0.25, 0.3) is 0 Å². The fraction of sp³-hybridized carbons (Fsp3) is 0.290. The van der Waals surface area contributed by atoms with Crippen LogP contribution < -0.4 is 4.90 Å². The van der Waals surface area contributed by atoms with Gasteiger partial charge in [-0.05, 0) is 48.7 Å². The maximum absolute atomic E-state index is 13.5. The first-order valence-electron chi connectivity index (χ1n) is 13.0. The van der Waals surface area contributed by atoms with Gasteiger partial charge in [0.15, 0.2) is 0 Å². The normalized spacial score (nSPS) is 13.8. The van der Waals surface area contributed by atoms with Crippen LogP contribution in [0.15, 0.2) is 78.2 Å². The lowest BCUT2D eigenvalue weighted by atomic mass is 10.1. The van der Waals surface area contributed by atoms with E-state index in [1.807, 2.05) is 22.4 Å². The summed E-state index contributed by atoms with van der Waals surface area (Å²) in [6.07, 6.45) is 0. The highest BCUT2D eigenvalue weighted by molar-refractivity contribution is 7.09. The number of hydrogen-bond donors (Lipinski definition) is 0. The molecule has 3 aromatic carbocycles. The minimum atomic E-state index is -0.235. The third-order valence-electron chi connectivity index (χ3n) is 7.00. The number of benzene rings is 3. The van der Waals surface area contributed by atoms with Crippen LogP contribution in [-0.2, 0) is 19.6 Å². The quantitative estimate of drug-likeness (QED) is 0.279. The number of hydrogen-bond acceptors (Lipinski definition) is 5. The van der Waals surface area contributed by atoms with E-state index in [9.17, 15) is 9.18 Å². The number of thiazole rings is 1. The molecule has 0 radical (unpaired) electrons. The number of amides is 1. The highest BCUT2D eigenvalue weighted by Crippen LogP contribution is 2.23. The SMILES string of the molecule is Cc1ccc(CN(Cc2ccc(F)cc2)Cc2nc(C(=O)N3CCN(c4ccccc4C)CC3)cs2)cc1. The van der Waals surface area contributed by atoms with E-state index >= 15 is 0 Å². The van der Waals surface area contributed by atoms with Crippen molar-refractivity contribution < 1.29 is 9.18 Å². The maximum atomic E-state index is 13.5. The first kappa shape index (κ1) is 26.1. The second-order valence-corrected chi connectivity index (χ2v) is 10.9. The van der Waals surface area contributed by atoms with Crippen LogP contribution in [0.3, 0.4) is 0 Å². The molecule has 0 N–H and O–H groups in total. The lowest BCUT2D eigenvalue weighted by molar-refractivity contribution is 0.0741. The van der Waals surface area contributed by atoms with Gasteiger partial charge < -0.3 is 9.80 Å². The molecule has 1 aliphatic rings.